The molecule has 2 aromatic carbocycles. The summed E-state index contributed by atoms with van der Waals surface area (Å²) >= 11 is 0. The largest absolute Gasteiger partial charge is 0.508 e. The van der Waals surface area contributed by atoms with Gasteiger partial charge in [-0.3, -0.25) is 9.59 Å². The smallest absolute Gasteiger partial charge is 0.311 e. The number of benzene rings is 2. The summed E-state index contributed by atoms with van der Waals surface area (Å²) in [7, 11) is 0. The number of phenolic OH excluding ortho intramolecular Hbond substituents is 1. The summed E-state index contributed by atoms with van der Waals surface area (Å²) in [5.74, 6) is -0.517. The first kappa shape index (κ1) is 20.5. The normalized spacial score (nSPS) is 13.1. The number of hydrogen-bond acceptors (Lipinski definition) is 5. The SMILES string of the molecule is CC[C@@H](C)c1ccccc1NC(=O)[C@@H](C)OC(=O)Cc1coc2cc(O)ccc12. The molecule has 6 nitrogen and oxygen atoms in total. The van der Waals surface area contributed by atoms with E-state index in [0.29, 0.717) is 17.1 Å². The molecule has 2 N–H and O–H groups in total. The van der Waals surface area contributed by atoms with Crippen molar-refractivity contribution in [1.29, 1.82) is 0 Å². The third kappa shape index (κ3) is 4.77. The zero-order valence-electron chi connectivity index (χ0n) is 16.8. The number of amides is 1. The van der Waals surface area contributed by atoms with Crippen molar-refractivity contribution in [2.75, 3.05) is 5.32 Å². The van der Waals surface area contributed by atoms with E-state index in [0.717, 1.165) is 23.1 Å². The van der Waals surface area contributed by atoms with Crippen LogP contribution < -0.4 is 5.32 Å². The predicted octanol–water partition coefficient (Wildman–Crippen LogP) is 4.76. The van der Waals surface area contributed by atoms with Gasteiger partial charge in [0.2, 0.25) is 0 Å². The molecule has 6 heteroatoms. The predicted molar refractivity (Wildman–Crippen MR) is 111 cm³/mol. The van der Waals surface area contributed by atoms with Crippen LogP contribution in [0.1, 0.15) is 44.2 Å². The van der Waals surface area contributed by atoms with Crippen molar-refractivity contribution < 1.29 is 23.8 Å². The summed E-state index contributed by atoms with van der Waals surface area (Å²) in [6.45, 7) is 5.74. The maximum atomic E-state index is 12.5. The Balaban J connectivity index is 1.63. The third-order valence-electron chi connectivity index (χ3n) is 5.01. The zero-order valence-corrected chi connectivity index (χ0v) is 16.8. The summed E-state index contributed by atoms with van der Waals surface area (Å²) in [5.41, 5.74) is 2.91. The van der Waals surface area contributed by atoms with Crippen LogP contribution in [0.5, 0.6) is 5.75 Å². The molecule has 0 aliphatic heterocycles. The number of para-hydroxylation sites is 1. The standard InChI is InChI=1S/C23H25NO5/c1-4-14(2)18-7-5-6-8-20(18)24-23(27)15(3)29-22(26)11-16-13-28-21-12-17(25)9-10-19(16)21/h5-10,12-15,25H,4,11H2,1-3H3,(H,24,27)/t14-,15-/m1/s1. The van der Waals surface area contributed by atoms with Crippen LogP contribution in [-0.2, 0) is 20.7 Å². The Morgan fingerprint density at radius 2 is 1.93 bits per heavy atom. The highest BCUT2D eigenvalue weighted by Crippen LogP contribution is 2.27. The lowest BCUT2D eigenvalue weighted by atomic mass is 9.97. The van der Waals surface area contributed by atoms with E-state index in [1.54, 1.807) is 13.0 Å². The Morgan fingerprint density at radius 1 is 1.17 bits per heavy atom. The van der Waals surface area contributed by atoms with Crippen LogP contribution in [0.15, 0.2) is 53.1 Å². The van der Waals surface area contributed by atoms with Crippen LogP contribution >= 0.6 is 0 Å². The summed E-state index contributed by atoms with van der Waals surface area (Å²) in [4.78, 5) is 24.8. The van der Waals surface area contributed by atoms with Crippen LogP contribution in [-0.4, -0.2) is 23.1 Å². The number of carbonyl (C=O) groups excluding carboxylic acids is 2. The Hall–Kier alpha value is -3.28. The minimum atomic E-state index is -0.935. The molecule has 1 heterocycles. The molecule has 1 amide bonds. The monoisotopic (exact) mass is 395 g/mol. The Kier molecular flexibility index (Phi) is 6.22. The maximum Gasteiger partial charge on any atom is 0.311 e. The highest BCUT2D eigenvalue weighted by atomic mass is 16.5. The van der Waals surface area contributed by atoms with Crippen LogP contribution in [0, 0.1) is 0 Å². The van der Waals surface area contributed by atoms with E-state index in [4.69, 9.17) is 9.15 Å². The first-order chi connectivity index (χ1) is 13.9. The second-order valence-corrected chi connectivity index (χ2v) is 7.14. The number of carbonyl (C=O) groups is 2. The minimum absolute atomic E-state index is 0.0289. The van der Waals surface area contributed by atoms with Gasteiger partial charge in [-0.25, -0.2) is 0 Å². The van der Waals surface area contributed by atoms with E-state index in [-0.39, 0.29) is 18.1 Å². The van der Waals surface area contributed by atoms with Crippen LogP contribution in [0.25, 0.3) is 11.0 Å². The molecule has 3 rings (SSSR count). The van der Waals surface area contributed by atoms with E-state index in [2.05, 4.69) is 19.2 Å². The molecule has 0 radical (unpaired) electrons. The highest BCUT2D eigenvalue weighted by Gasteiger charge is 2.21. The molecular weight excluding hydrogens is 370 g/mol. The van der Waals surface area contributed by atoms with Gasteiger partial charge in [-0.1, -0.05) is 32.0 Å². The van der Waals surface area contributed by atoms with Gasteiger partial charge in [0.05, 0.1) is 12.7 Å². The number of esters is 1. The van der Waals surface area contributed by atoms with Crippen molar-refractivity contribution in [3.63, 3.8) is 0 Å². The fourth-order valence-electron chi connectivity index (χ4n) is 3.15. The molecule has 0 aliphatic rings. The average Bonchev–Trinajstić information content (AvgIpc) is 3.09. The lowest BCUT2D eigenvalue weighted by Gasteiger charge is -2.18. The molecule has 1 aromatic heterocycles. The molecule has 3 aromatic rings. The molecule has 152 valence electrons. The summed E-state index contributed by atoms with van der Waals surface area (Å²) < 4.78 is 10.7. The van der Waals surface area contributed by atoms with Gasteiger partial charge in [0.1, 0.15) is 11.3 Å². The zero-order chi connectivity index (χ0) is 21.0. The average molecular weight is 395 g/mol. The van der Waals surface area contributed by atoms with Crippen molar-refractivity contribution in [2.45, 2.75) is 45.6 Å². The maximum absolute atomic E-state index is 12.5. The van der Waals surface area contributed by atoms with Gasteiger partial charge in [-0.2, -0.15) is 0 Å². The number of furan rings is 1. The second kappa shape index (κ2) is 8.82. The van der Waals surface area contributed by atoms with Crippen molar-refractivity contribution >= 4 is 28.5 Å². The van der Waals surface area contributed by atoms with Crippen molar-refractivity contribution in [1.82, 2.24) is 0 Å². The fraction of sp³-hybridized carbons (Fsp3) is 0.304. The minimum Gasteiger partial charge on any atom is -0.508 e. The number of rotatable bonds is 7. The van der Waals surface area contributed by atoms with Crippen LogP contribution in [0.2, 0.25) is 0 Å². The number of phenols is 1. The van der Waals surface area contributed by atoms with E-state index >= 15 is 0 Å². The van der Waals surface area contributed by atoms with Gasteiger partial charge >= 0.3 is 5.97 Å². The molecular formula is C23H25NO5. The molecule has 0 saturated heterocycles. The van der Waals surface area contributed by atoms with E-state index in [1.807, 2.05) is 24.3 Å². The van der Waals surface area contributed by atoms with Crippen molar-refractivity contribution in [3.8, 4) is 5.75 Å². The molecule has 0 saturated carbocycles. The number of fused-ring (bicyclic) bond motifs is 1. The van der Waals surface area contributed by atoms with Gasteiger partial charge in [0.15, 0.2) is 6.10 Å². The van der Waals surface area contributed by atoms with Crippen LogP contribution in [0.3, 0.4) is 0 Å². The van der Waals surface area contributed by atoms with Gasteiger partial charge in [-0.15, -0.1) is 0 Å². The number of hydrogen-bond donors (Lipinski definition) is 2. The summed E-state index contributed by atoms with van der Waals surface area (Å²) in [5, 5.41) is 13.1. The number of ether oxygens (including phenoxy) is 1. The second-order valence-electron chi connectivity index (χ2n) is 7.14. The molecule has 29 heavy (non-hydrogen) atoms. The van der Waals surface area contributed by atoms with Crippen molar-refractivity contribution in [3.05, 3.63) is 59.9 Å². The van der Waals surface area contributed by atoms with Gasteiger partial charge < -0.3 is 19.6 Å². The Labute approximate surface area is 169 Å². The van der Waals surface area contributed by atoms with Gasteiger partial charge in [0.25, 0.3) is 5.91 Å². The summed E-state index contributed by atoms with van der Waals surface area (Å²) in [6.07, 6.45) is 1.44. The molecule has 0 spiro atoms. The van der Waals surface area contributed by atoms with Gasteiger partial charge in [0, 0.05) is 22.7 Å². The summed E-state index contributed by atoms with van der Waals surface area (Å²) in [6, 6.07) is 12.3. The quantitative estimate of drug-likeness (QED) is 0.563. The van der Waals surface area contributed by atoms with Gasteiger partial charge in [-0.05, 0) is 43.0 Å². The van der Waals surface area contributed by atoms with E-state index in [9.17, 15) is 14.7 Å². The Morgan fingerprint density at radius 3 is 2.69 bits per heavy atom. The lowest BCUT2D eigenvalue weighted by molar-refractivity contribution is -0.152. The highest BCUT2D eigenvalue weighted by molar-refractivity contribution is 5.96. The molecule has 0 aliphatic carbocycles. The molecule has 0 bridgehead atoms. The number of aromatic hydroxyl groups is 1. The Bertz CT molecular complexity index is 1020. The van der Waals surface area contributed by atoms with E-state index in [1.165, 1.54) is 18.4 Å². The number of anilines is 1. The number of nitrogens with one attached hydrogen (secondary N) is 1. The first-order valence-corrected chi connectivity index (χ1v) is 9.67. The lowest BCUT2D eigenvalue weighted by Crippen LogP contribution is -2.30. The third-order valence-corrected chi connectivity index (χ3v) is 5.01. The molecule has 0 fully saturated rings. The van der Waals surface area contributed by atoms with E-state index < -0.39 is 12.1 Å². The topological polar surface area (TPSA) is 88.8 Å². The van der Waals surface area contributed by atoms with Crippen molar-refractivity contribution in [2.24, 2.45) is 0 Å². The van der Waals surface area contributed by atoms with Crippen LogP contribution in [0.4, 0.5) is 5.69 Å². The fourth-order valence-corrected chi connectivity index (χ4v) is 3.15. The molecule has 2 atom stereocenters. The first-order valence-electron chi connectivity index (χ1n) is 9.67. The molecule has 0 unspecified atom stereocenters.